The fraction of sp³-hybridized carbons (Fsp3) is 0.538. The summed E-state index contributed by atoms with van der Waals surface area (Å²) in [5.41, 5.74) is 2.66. The Kier molecular flexibility index (Phi) is 2.52. The monoisotopic (exact) mass is 246 g/mol. The Labute approximate surface area is 105 Å². The van der Waals surface area contributed by atoms with Gasteiger partial charge >= 0.3 is 0 Å². The van der Waals surface area contributed by atoms with Crippen molar-refractivity contribution >= 4 is 5.65 Å². The molecule has 2 N–H and O–H groups in total. The van der Waals surface area contributed by atoms with Crippen molar-refractivity contribution in [3.8, 4) is 0 Å². The maximum atomic E-state index is 12.4. The minimum absolute atomic E-state index is 0.0334. The van der Waals surface area contributed by atoms with Crippen LogP contribution in [0, 0.1) is 6.92 Å². The van der Waals surface area contributed by atoms with E-state index in [9.17, 15) is 4.79 Å². The van der Waals surface area contributed by atoms with Gasteiger partial charge in [0.1, 0.15) is 5.82 Å². The van der Waals surface area contributed by atoms with E-state index in [0.717, 1.165) is 35.7 Å². The van der Waals surface area contributed by atoms with Crippen LogP contribution in [0.4, 0.5) is 0 Å². The third-order valence-electron chi connectivity index (χ3n) is 3.64. The first-order chi connectivity index (χ1) is 8.58. The molecule has 96 valence electrons. The smallest absolute Gasteiger partial charge is 0.274 e. The molecule has 0 saturated carbocycles. The Bertz CT molecular complexity index is 649. The van der Waals surface area contributed by atoms with Crippen molar-refractivity contribution in [2.45, 2.75) is 32.6 Å². The molecule has 0 bridgehead atoms. The van der Waals surface area contributed by atoms with Crippen molar-refractivity contribution in [3.05, 3.63) is 33.4 Å². The maximum absolute atomic E-state index is 12.4. The van der Waals surface area contributed by atoms with Crippen LogP contribution in [0.3, 0.4) is 0 Å². The number of pyridine rings is 1. The molecule has 18 heavy (non-hydrogen) atoms. The predicted molar refractivity (Wildman–Crippen MR) is 70.2 cm³/mol. The van der Waals surface area contributed by atoms with Crippen LogP contribution in [0.15, 0.2) is 10.9 Å². The summed E-state index contributed by atoms with van der Waals surface area (Å²) in [5, 5.41) is 6.35. The summed E-state index contributed by atoms with van der Waals surface area (Å²) in [6.45, 7) is 7.94. The summed E-state index contributed by atoms with van der Waals surface area (Å²) < 4.78 is 1.58. The van der Waals surface area contributed by atoms with Gasteiger partial charge in [0.05, 0.1) is 0 Å². The lowest BCUT2D eigenvalue weighted by molar-refractivity contribution is 0.430. The topological polar surface area (TPSA) is 62.2 Å². The van der Waals surface area contributed by atoms with E-state index in [1.54, 1.807) is 4.52 Å². The number of rotatable bonds is 2. The van der Waals surface area contributed by atoms with Crippen LogP contribution in [-0.4, -0.2) is 27.7 Å². The van der Waals surface area contributed by atoms with E-state index in [1.165, 1.54) is 0 Å². The number of hydrogen-bond donors (Lipinski definition) is 2. The number of aromatic nitrogens is 3. The van der Waals surface area contributed by atoms with Crippen LogP contribution < -0.4 is 10.9 Å². The van der Waals surface area contributed by atoms with E-state index >= 15 is 0 Å². The quantitative estimate of drug-likeness (QED) is 0.835. The van der Waals surface area contributed by atoms with E-state index in [-0.39, 0.29) is 11.5 Å². The third-order valence-corrected chi connectivity index (χ3v) is 3.64. The zero-order valence-electron chi connectivity index (χ0n) is 10.9. The van der Waals surface area contributed by atoms with Crippen molar-refractivity contribution in [1.29, 1.82) is 0 Å². The van der Waals surface area contributed by atoms with Crippen molar-refractivity contribution < 1.29 is 0 Å². The van der Waals surface area contributed by atoms with Gasteiger partial charge in [-0.2, -0.15) is 4.52 Å². The third kappa shape index (κ3) is 1.58. The van der Waals surface area contributed by atoms with Crippen LogP contribution in [0.5, 0.6) is 0 Å². The number of fused-ring (bicyclic) bond motifs is 1. The SMILES string of the molecule is Cc1cc2nc(C3CNC3)[nH]n2c(=O)c1C(C)C. The molecule has 1 fully saturated rings. The van der Waals surface area contributed by atoms with E-state index in [2.05, 4.69) is 15.4 Å². The van der Waals surface area contributed by atoms with Crippen LogP contribution in [0.2, 0.25) is 0 Å². The molecule has 0 aromatic carbocycles. The second kappa shape index (κ2) is 3.95. The average Bonchev–Trinajstić information content (AvgIpc) is 2.57. The van der Waals surface area contributed by atoms with Gasteiger partial charge in [-0.3, -0.25) is 9.89 Å². The van der Waals surface area contributed by atoms with Crippen molar-refractivity contribution in [2.24, 2.45) is 0 Å². The highest BCUT2D eigenvalue weighted by Gasteiger charge is 2.23. The standard InChI is InChI=1S/C13H18N4O/c1-7(2)11-8(3)4-10-15-12(9-5-14-6-9)16-17(10)13(11)18/h4,7,9,14H,5-6H2,1-3H3,(H,15,16). The van der Waals surface area contributed by atoms with Crippen molar-refractivity contribution in [3.63, 3.8) is 0 Å². The van der Waals surface area contributed by atoms with Crippen LogP contribution in [0.25, 0.3) is 5.65 Å². The molecule has 0 unspecified atom stereocenters. The molecule has 1 aliphatic heterocycles. The average molecular weight is 246 g/mol. The molecule has 1 aliphatic rings. The summed E-state index contributed by atoms with van der Waals surface area (Å²) in [7, 11) is 0. The second-order valence-electron chi connectivity index (χ2n) is 5.36. The lowest BCUT2D eigenvalue weighted by atomic mass is 10.0. The minimum Gasteiger partial charge on any atom is -0.315 e. The second-order valence-corrected chi connectivity index (χ2v) is 5.36. The fourth-order valence-corrected chi connectivity index (χ4v) is 2.55. The lowest BCUT2D eigenvalue weighted by Crippen LogP contribution is -2.40. The number of nitrogens with zero attached hydrogens (tertiary/aromatic N) is 2. The highest BCUT2D eigenvalue weighted by Crippen LogP contribution is 2.19. The molecular formula is C13H18N4O. The zero-order chi connectivity index (χ0) is 12.9. The summed E-state index contributed by atoms with van der Waals surface area (Å²) in [6, 6.07) is 1.99. The van der Waals surface area contributed by atoms with Gasteiger partial charge < -0.3 is 5.32 Å². The highest BCUT2D eigenvalue weighted by atomic mass is 16.1. The number of hydrogen-bond acceptors (Lipinski definition) is 3. The Morgan fingerprint density at radius 2 is 2.17 bits per heavy atom. The van der Waals surface area contributed by atoms with Gasteiger partial charge in [0.25, 0.3) is 5.56 Å². The molecular weight excluding hydrogens is 228 g/mol. The summed E-state index contributed by atoms with van der Waals surface area (Å²) >= 11 is 0. The summed E-state index contributed by atoms with van der Waals surface area (Å²) in [4.78, 5) is 16.9. The van der Waals surface area contributed by atoms with Crippen molar-refractivity contribution in [1.82, 2.24) is 19.9 Å². The molecule has 5 nitrogen and oxygen atoms in total. The van der Waals surface area contributed by atoms with Gasteiger partial charge in [0.15, 0.2) is 5.65 Å². The summed E-state index contributed by atoms with van der Waals surface area (Å²) in [6.07, 6.45) is 0. The number of nitrogens with one attached hydrogen (secondary N) is 2. The first-order valence-corrected chi connectivity index (χ1v) is 6.41. The molecule has 0 aliphatic carbocycles. The van der Waals surface area contributed by atoms with Gasteiger partial charge in [-0.1, -0.05) is 13.8 Å². The summed E-state index contributed by atoms with van der Waals surface area (Å²) in [5.74, 6) is 1.55. The Morgan fingerprint density at radius 3 is 2.72 bits per heavy atom. The molecule has 3 rings (SSSR count). The Hall–Kier alpha value is -1.62. The molecule has 0 spiro atoms. The van der Waals surface area contributed by atoms with Crippen LogP contribution in [0.1, 0.15) is 42.6 Å². The fourth-order valence-electron chi connectivity index (χ4n) is 2.55. The predicted octanol–water partition coefficient (Wildman–Crippen LogP) is 1.14. The number of H-pyrrole nitrogens is 1. The Balaban J connectivity index is 2.21. The largest absolute Gasteiger partial charge is 0.315 e. The maximum Gasteiger partial charge on any atom is 0.274 e. The zero-order valence-corrected chi connectivity index (χ0v) is 10.9. The lowest BCUT2D eigenvalue weighted by Gasteiger charge is -2.24. The molecule has 0 radical (unpaired) electrons. The van der Waals surface area contributed by atoms with E-state index < -0.39 is 0 Å². The van der Waals surface area contributed by atoms with Gasteiger partial charge in [0, 0.05) is 24.6 Å². The van der Waals surface area contributed by atoms with Gasteiger partial charge in [-0.25, -0.2) is 4.98 Å². The number of aromatic amines is 1. The van der Waals surface area contributed by atoms with E-state index in [0.29, 0.717) is 5.92 Å². The van der Waals surface area contributed by atoms with Gasteiger partial charge in [-0.15, -0.1) is 0 Å². The molecule has 5 heteroatoms. The Morgan fingerprint density at radius 1 is 1.44 bits per heavy atom. The van der Waals surface area contributed by atoms with Crippen molar-refractivity contribution in [2.75, 3.05) is 13.1 Å². The molecule has 1 saturated heterocycles. The molecule has 0 amide bonds. The van der Waals surface area contributed by atoms with Gasteiger partial charge in [-0.05, 0) is 24.5 Å². The molecule has 2 aromatic heterocycles. The molecule has 2 aromatic rings. The van der Waals surface area contributed by atoms with Crippen LogP contribution >= 0.6 is 0 Å². The van der Waals surface area contributed by atoms with E-state index in [1.807, 2.05) is 26.8 Å². The van der Waals surface area contributed by atoms with E-state index in [4.69, 9.17) is 0 Å². The van der Waals surface area contributed by atoms with Crippen LogP contribution in [-0.2, 0) is 0 Å². The first kappa shape index (κ1) is 11.5. The highest BCUT2D eigenvalue weighted by molar-refractivity contribution is 5.44. The first-order valence-electron chi connectivity index (χ1n) is 6.41. The normalized spacial score (nSPS) is 16.4. The number of aryl methyl sites for hydroxylation is 1. The van der Waals surface area contributed by atoms with Gasteiger partial charge in [0.2, 0.25) is 0 Å². The molecule has 0 atom stereocenters. The molecule has 3 heterocycles. The minimum atomic E-state index is 0.0334.